The highest BCUT2D eigenvalue weighted by Gasteiger charge is 2.31. The molecule has 168 valence electrons. The molecule has 1 aliphatic heterocycles. The molecule has 0 aliphatic carbocycles. The number of fused-ring (bicyclic) bond motifs is 1. The van der Waals surface area contributed by atoms with Gasteiger partial charge in [-0.1, -0.05) is 59.1 Å². The van der Waals surface area contributed by atoms with Crippen LogP contribution in [-0.4, -0.2) is 29.9 Å². The topological polar surface area (TPSA) is 56.7 Å². The van der Waals surface area contributed by atoms with Crippen molar-refractivity contribution >= 4 is 75.1 Å². The minimum Gasteiger partial charge on any atom is -0.333 e. The van der Waals surface area contributed by atoms with Crippen molar-refractivity contribution in [2.75, 3.05) is 17.3 Å². The summed E-state index contributed by atoms with van der Waals surface area (Å²) in [6.45, 7) is 1.91. The van der Waals surface area contributed by atoms with Gasteiger partial charge in [0.2, 0.25) is 6.17 Å². The molecular formula is C24H19Cl3N4OS. The van der Waals surface area contributed by atoms with Crippen LogP contribution in [0.2, 0.25) is 15.1 Å². The van der Waals surface area contributed by atoms with Gasteiger partial charge in [-0.05, 0) is 61.1 Å². The van der Waals surface area contributed by atoms with Crippen LogP contribution in [0.5, 0.6) is 0 Å². The molecule has 1 heterocycles. The number of nitrogens with one attached hydrogen (secondary N) is 2. The van der Waals surface area contributed by atoms with E-state index in [1.165, 1.54) is 4.90 Å². The van der Waals surface area contributed by atoms with Gasteiger partial charge in [0.05, 0.1) is 11.4 Å². The largest absolute Gasteiger partial charge is 0.333 e. The number of hydrogen-bond donors (Lipinski definition) is 2. The fourth-order valence-corrected chi connectivity index (χ4v) is 4.28. The van der Waals surface area contributed by atoms with E-state index >= 15 is 0 Å². The standard InChI is InChI=1S/C24H19Cl3N4OS/c1-13-7-9-15(12-19(13)27)28-24(33)30-22-23(32)31(2)20-10-8-14(25)11-17(20)21(29-22)16-5-3-4-6-18(16)26/h3-12,22H,1-2H3,(H2,28,30,33). The molecule has 1 atom stereocenters. The minimum absolute atomic E-state index is 0.230. The smallest absolute Gasteiger partial charge is 0.272 e. The Bertz CT molecular complexity index is 1290. The quantitative estimate of drug-likeness (QED) is 0.413. The van der Waals surface area contributed by atoms with Crippen molar-refractivity contribution in [2.45, 2.75) is 13.1 Å². The number of hydrogen-bond acceptors (Lipinski definition) is 3. The van der Waals surface area contributed by atoms with Crippen LogP contribution in [-0.2, 0) is 4.79 Å². The number of rotatable bonds is 3. The average molecular weight is 518 g/mol. The van der Waals surface area contributed by atoms with Gasteiger partial charge in [0.1, 0.15) is 0 Å². The molecule has 1 amide bonds. The number of anilines is 2. The summed E-state index contributed by atoms with van der Waals surface area (Å²) < 4.78 is 0. The Hall–Kier alpha value is -2.64. The lowest BCUT2D eigenvalue weighted by Gasteiger charge is -2.22. The predicted molar refractivity (Wildman–Crippen MR) is 141 cm³/mol. The third kappa shape index (κ3) is 4.99. The first-order valence-corrected chi connectivity index (χ1v) is 11.5. The predicted octanol–water partition coefficient (Wildman–Crippen LogP) is 6.08. The van der Waals surface area contributed by atoms with E-state index in [1.807, 2.05) is 37.3 Å². The Kier molecular flexibility index (Phi) is 6.91. The van der Waals surface area contributed by atoms with E-state index in [-0.39, 0.29) is 11.0 Å². The number of carbonyl (C=O) groups excluding carboxylic acids is 1. The maximum absolute atomic E-state index is 13.3. The number of thiocarbonyl (C=S) groups is 1. The Balaban J connectivity index is 1.73. The van der Waals surface area contributed by atoms with Crippen LogP contribution < -0.4 is 15.5 Å². The number of amides is 1. The van der Waals surface area contributed by atoms with Gasteiger partial charge in [0.25, 0.3) is 5.91 Å². The molecule has 1 unspecified atom stereocenters. The van der Waals surface area contributed by atoms with E-state index in [1.54, 1.807) is 37.4 Å². The molecule has 0 aromatic heterocycles. The van der Waals surface area contributed by atoms with Crippen LogP contribution in [0.25, 0.3) is 0 Å². The fourth-order valence-electron chi connectivity index (χ4n) is 3.47. The Labute approximate surface area is 212 Å². The normalized spacial score (nSPS) is 15.4. The first-order chi connectivity index (χ1) is 15.7. The molecule has 4 rings (SSSR count). The van der Waals surface area contributed by atoms with Crippen molar-refractivity contribution in [1.29, 1.82) is 0 Å². The van der Waals surface area contributed by atoms with Crippen molar-refractivity contribution < 1.29 is 4.79 Å². The number of aryl methyl sites for hydroxylation is 1. The third-order valence-electron chi connectivity index (χ3n) is 5.22. The van der Waals surface area contributed by atoms with E-state index in [9.17, 15) is 4.79 Å². The molecule has 0 spiro atoms. The van der Waals surface area contributed by atoms with E-state index in [4.69, 9.17) is 52.0 Å². The van der Waals surface area contributed by atoms with E-state index in [0.29, 0.717) is 43.3 Å². The fraction of sp³-hybridized carbons (Fsp3) is 0.125. The van der Waals surface area contributed by atoms with Gasteiger partial charge in [-0.2, -0.15) is 0 Å². The van der Waals surface area contributed by atoms with Crippen LogP contribution in [0.3, 0.4) is 0 Å². The molecule has 0 fully saturated rings. The number of nitrogens with zero attached hydrogens (tertiary/aromatic N) is 2. The van der Waals surface area contributed by atoms with Gasteiger partial charge in [-0.3, -0.25) is 4.79 Å². The number of aliphatic imine (C=N–C) groups is 1. The number of likely N-dealkylation sites (N-methyl/N-ethyl adjacent to an activating group) is 1. The van der Waals surface area contributed by atoms with Gasteiger partial charge >= 0.3 is 0 Å². The maximum Gasteiger partial charge on any atom is 0.272 e. The molecule has 0 bridgehead atoms. The molecule has 0 radical (unpaired) electrons. The summed E-state index contributed by atoms with van der Waals surface area (Å²) in [5, 5.41) is 7.94. The summed E-state index contributed by atoms with van der Waals surface area (Å²) in [4.78, 5) is 19.6. The van der Waals surface area contributed by atoms with Crippen LogP contribution in [0, 0.1) is 6.92 Å². The summed E-state index contributed by atoms with van der Waals surface area (Å²) in [5.41, 5.74) is 4.22. The van der Waals surface area contributed by atoms with Crippen LogP contribution in [0.1, 0.15) is 16.7 Å². The lowest BCUT2D eigenvalue weighted by molar-refractivity contribution is -0.119. The minimum atomic E-state index is -0.992. The summed E-state index contributed by atoms with van der Waals surface area (Å²) in [6.07, 6.45) is -0.992. The lowest BCUT2D eigenvalue weighted by atomic mass is 10.00. The Morgan fingerprint density at radius 2 is 1.76 bits per heavy atom. The van der Waals surface area contributed by atoms with Crippen molar-refractivity contribution in [2.24, 2.45) is 4.99 Å². The molecule has 5 nitrogen and oxygen atoms in total. The van der Waals surface area contributed by atoms with Gasteiger partial charge in [0.15, 0.2) is 5.11 Å². The number of carbonyl (C=O) groups is 1. The molecule has 9 heteroatoms. The molecule has 2 N–H and O–H groups in total. The number of benzene rings is 3. The van der Waals surface area contributed by atoms with E-state index < -0.39 is 6.17 Å². The zero-order valence-corrected chi connectivity index (χ0v) is 20.8. The molecule has 3 aromatic rings. The molecule has 1 aliphatic rings. The van der Waals surface area contributed by atoms with Crippen molar-refractivity contribution in [1.82, 2.24) is 5.32 Å². The zero-order chi connectivity index (χ0) is 23.7. The lowest BCUT2D eigenvalue weighted by Crippen LogP contribution is -2.47. The average Bonchev–Trinajstić information content (AvgIpc) is 2.87. The second-order valence-corrected chi connectivity index (χ2v) is 9.14. The Morgan fingerprint density at radius 3 is 2.48 bits per heavy atom. The SMILES string of the molecule is Cc1ccc(NC(=S)NC2N=C(c3ccccc3Cl)c3cc(Cl)ccc3N(C)C2=O)cc1Cl. The number of benzodiazepines with no additional fused rings is 1. The van der Waals surface area contributed by atoms with E-state index in [0.717, 1.165) is 5.56 Å². The first kappa shape index (κ1) is 23.5. The monoisotopic (exact) mass is 516 g/mol. The number of halogens is 3. The summed E-state index contributed by atoms with van der Waals surface area (Å²) in [5.74, 6) is -0.285. The van der Waals surface area contributed by atoms with Crippen molar-refractivity contribution in [3.8, 4) is 0 Å². The van der Waals surface area contributed by atoms with Crippen LogP contribution in [0.4, 0.5) is 11.4 Å². The van der Waals surface area contributed by atoms with Gasteiger partial charge in [-0.25, -0.2) is 4.99 Å². The second-order valence-electron chi connectivity index (χ2n) is 7.48. The molecule has 33 heavy (non-hydrogen) atoms. The second kappa shape index (κ2) is 9.69. The summed E-state index contributed by atoms with van der Waals surface area (Å²) >= 11 is 24.5. The molecule has 3 aromatic carbocycles. The highest BCUT2D eigenvalue weighted by atomic mass is 35.5. The van der Waals surface area contributed by atoms with Gasteiger partial charge in [-0.15, -0.1) is 0 Å². The van der Waals surface area contributed by atoms with Crippen LogP contribution >= 0.6 is 47.0 Å². The summed E-state index contributed by atoms with van der Waals surface area (Å²) in [6, 6.07) is 18.1. The van der Waals surface area contributed by atoms with E-state index in [2.05, 4.69) is 10.6 Å². The highest BCUT2D eigenvalue weighted by Crippen LogP contribution is 2.32. The first-order valence-electron chi connectivity index (χ1n) is 9.98. The van der Waals surface area contributed by atoms with Gasteiger partial charge < -0.3 is 15.5 Å². The molecule has 0 saturated heterocycles. The molecular weight excluding hydrogens is 499 g/mol. The zero-order valence-electron chi connectivity index (χ0n) is 17.7. The maximum atomic E-state index is 13.3. The van der Waals surface area contributed by atoms with Crippen LogP contribution in [0.15, 0.2) is 65.7 Å². The highest BCUT2D eigenvalue weighted by molar-refractivity contribution is 7.80. The summed E-state index contributed by atoms with van der Waals surface area (Å²) in [7, 11) is 1.69. The van der Waals surface area contributed by atoms with Crippen molar-refractivity contribution in [3.63, 3.8) is 0 Å². The van der Waals surface area contributed by atoms with Crippen molar-refractivity contribution in [3.05, 3.63) is 92.4 Å². The van der Waals surface area contributed by atoms with Gasteiger partial charge in [0, 0.05) is 38.9 Å². The third-order valence-corrected chi connectivity index (χ3v) is 6.42. The Morgan fingerprint density at radius 1 is 1.00 bits per heavy atom. The molecule has 0 saturated carbocycles.